The van der Waals surface area contributed by atoms with Crippen molar-refractivity contribution in [1.29, 1.82) is 0 Å². The van der Waals surface area contributed by atoms with E-state index in [1.54, 1.807) is 23.1 Å². The van der Waals surface area contributed by atoms with Gasteiger partial charge in [-0.1, -0.05) is 11.6 Å². The third-order valence-corrected chi connectivity index (χ3v) is 3.05. The van der Waals surface area contributed by atoms with E-state index in [1.165, 1.54) is 0 Å². The van der Waals surface area contributed by atoms with Crippen molar-refractivity contribution in [3.05, 3.63) is 28.8 Å². The highest BCUT2D eigenvalue weighted by Crippen LogP contribution is 2.23. The number of halogens is 1. The quantitative estimate of drug-likeness (QED) is 0.540. The van der Waals surface area contributed by atoms with Crippen molar-refractivity contribution in [2.24, 2.45) is 5.84 Å². The number of hydrogen-bond acceptors (Lipinski definition) is 4. The molecule has 0 aliphatic carbocycles. The fourth-order valence-corrected chi connectivity index (χ4v) is 2.09. The molecule has 0 aromatic heterocycles. The molecule has 92 valence electrons. The van der Waals surface area contributed by atoms with E-state index >= 15 is 0 Å². The first-order valence-corrected chi connectivity index (χ1v) is 5.73. The van der Waals surface area contributed by atoms with Gasteiger partial charge < -0.3 is 15.4 Å². The van der Waals surface area contributed by atoms with Gasteiger partial charge in [0.1, 0.15) is 0 Å². The number of carbonyl (C=O) groups is 1. The second-order valence-electron chi connectivity index (χ2n) is 4.03. The molecule has 17 heavy (non-hydrogen) atoms. The second kappa shape index (κ2) is 4.91. The Labute approximate surface area is 104 Å². The van der Waals surface area contributed by atoms with Crippen molar-refractivity contribution in [3.8, 4) is 0 Å². The molecule has 0 spiro atoms. The fourth-order valence-electron chi connectivity index (χ4n) is 1.92. The maximum absolute atomic E-state index is 12.2. The zero-order valence-corrected chi connectivity index (χ0v) is 9.94. The number of amides is 1. The summed E-state index contributed by atoms with van der Waals surface area (Å²) in [4.78, 5) is 13.8. The minimum absolute atomic E-state index is 0.169. The van der Waals surface area contributed by atoms with Crippen molar-refractivity contribution < 1.29 is 9.90 Å². The highest BCUT2D eigenvalue weighted by molar-refractivity contribution is 6.31. The predicted molar refractivity (Wildman–Crippen MR) is 65.8 cm³/mol. The Morgan fingerprint density at radius 1 is 1.59 bits per heavy atom. The molecule has 0 saturated carbocycles. The first-order valence-electron chi connectivity index (χ1n) is 5.35. The van der Waals surface area contributed by atoms with Crippen LogP contribution in [0.2, 0.25) is 5.02 Å². The minimum Gasteiger partial charge on any atom is -0.391 e. The normalized spacial score (nSPS) is 19.5. The van der Waals surface area contributed by atoms with Gasteiger partial charge in [-0.15, -0.1) is 0 Å². The molecule has 1 unspecified atom stereocenters. The van der Waals surface area contributed by atoms with Crippen LogP contribution in [0.5, 0.6) is 0 Å². The number of nitrogen functional groups attached to an aromatic ring is 1. The summed E-state index contributed by atoms with van der Waals surface area (Å²) in [6.07, 6.45) is 0.171. The lowest BCUT2D eigenvalue weighted by Crippen LogP contribution is -2.30. The third kappa shape index (κ3) is 2.52. The lowest BCUT2D eigenvalue weighted by molar-refractivity contribution is 0.0766. The molecule has 1 heterocycles. The van der Waals surface area contributed by atoms with E-state index in [0.29, 0.717) is 35.8 Å². The maximum Gasteiger partial charge on any atom is 0.256 e. The van der Waals surface area contributed by atoms with Crippen molar-refractivity contribution >= 4 is 23.2 Å². The zero-order valence-electron chi connectivity index (χ0n) is 9.19. The number of benzene rings is 1. The van der Waals surface area contributed by atoms with Gasteiger partial charge in [0.05, 0.1) is 17.4 Å². The number of nitrogens with one attached hydrogen (secondary N) is 1. The maximum atomic E-state index is 12.2. The number of nitrogens with zero attached hydrogens (tertiary/aromatic N) is 1. The summed E-state index contributed by atoms with van der Waals surface area (Å²) in [5.74, 6) is 5.18. The van der Waals surface area contributed by atoms with E-state index in [-0.39, 0.29) is 5.91 Å². The third-order valence-electron chi connectivity index (χ3n) is 2.82. The Kier molecular flexibility index (Phi) is 3.51. The van der Waals surface area contributed by atoms with Crippen LogP contribution in [0, 0.1) is 0 Å². The highest BCUT2D eigenvalue weighted by atomic mass is 35.5. The smallest absolute Gasteiger partial charge is 0.256 e. The standard InChI is InChI=1S/C11H14ClN3O2/c12-7-1-2-10(14-13)9(5-7)11(17)15-4-3-8(16)6-15/h1-2,5,8,14,16H,3-4,6,13H2. The lowest BCUT2D eigenvalue weighted by atomic mass is 10.1. The molecule has 6 heteroatoms. The molecule has 1 aromatic carbocycles. The molecular formula is C11H14ClN3O2. The molecule has 0 bridgehead atoms. The Bertz CT molecular complexity index is 439. The summed E-state index contributed by atoms with van der Waals surface area (Å²) in [5, 5.41) is 9.89. The first kappa shape index (κ1) is 12.2. The molecule has 1 amide bonds. The van der Waals surface area contributed by atoms with E-state index in [2.05, 4.69) is 5.43 Å². The summed E-state index contributed by atoms with van der Waals surface area (Å²) in [6, 6.07) is 4.89. The molecule has 5 nitrogen and oxygen atoms in total. The van der Waals surface area contributed by atoms with Gasteiger partial charge in [-0.05, 0) is 24.6 Å². The number of anilines is 1. The minimum atomic E-state index is -0.438. The van der Waals surface area contributed by atoms with Gasteiger partial charge in [0.2, 0.25) is 0 Å². The summed E-state index contributed by atoms with van der Waals surface area (Å²) in [6.45, 7) is 0.909. The number of nitrogens with two attached hydrogens (primary N) is 1. The number of rotatable bonds is 2. The van der Waals surface area contributed by atoms with Crippen molar-refractivity contribution in [2.75, 3.05) is 18.5 Å². The largest absolute Gasteiger partial charge is 0.391 e. The van der Waals surface area contributed by atoms with Gasteiger partial charge in [0.15, 0.2) is 0 Å². The first-order chi connectivity index (χ1) is 8.11. The van der Waals surface area contributed by atoms with Crippen LogP contribution >= 0.6 is 11.6 Å². The van der Waals surface area contributed by atoms with Crippen LogP contribution in [0.15, 0.2) is 18.2 Å². The van der Waals surface area contributed by atoms with Gasteiger partial charge in [-0.3, -0.25) is 10.6 Å². The Balaban J connectivity index is 2.26. The van der Waals surface area contributed by atoms with Gasteiger partial charge in [-0.2, -0.15) is 0 Å². The number of likely N-dealkylation sites (tertiary alicyclic amines) is 1. The molecule has 1 fully saturated rings. The van der Waals surface area contributed by atoms with E-state index in [9.17, 15) is 9.90 Å². The average Bonchev–Trinajstić information content (AvgIpc) is 2.75. The van der Waals surface area contributed by atoms with Crippen LogP contribution in [-0.2, 0) is 0 Å². The lowest BCUT2D eigenvalue weighted by Gasteiger charge is -2.17. The van der Waals surface area contributed by atoms with E-state index in [1.807, 2.05) is 0 Å². The van der Waals surface area contributed by atoms with Crippen LogP contribution in [0.1, 0.15) is 16.8 Å². The van der Waals surface area contributed by atoms with E-state index < -0.39 is 6.10 Å². The summed E-state index contributed by atoms with van der Waals surface area (Å²) in [5.41, 5.74) is 3.42. The average molecular weight is 256 g/mol. The molecule has 2 rings (SSSR count). The summed E-state index contributed by atoms with van der Waals surface area (Å²) in [7, 11) is 0. The van der Waals surface area contributed by atoms with Crippen LogP contribution in [0.25, 0.3) is 0 Å². The number of hydrogen-bond donors (Lipinski definition) is 3. The summed E-state index contributed by atoms with van der Waals surface area (Å²) < 4.78 is 0. The molecule has 0 radical (unpaired) electrons. The van der Waals surface area contributed by atoms with Crippen LogP contribution in [-0.4, -0.2) is 35.1 Å². The van der Waals surface area contributed by atoms with Gasteiger partial charge in [0.25, 0.3) is 5.91 Å². The fraction of sp³-hybridized carbons (Fsp3) is 0.364. The number of hydrazine groups is 1. The Hall–Kier alpha value is -1.30. The van der Waals surface area contributed by atoms with Gasteiger partial charge in [0, 0.05) is 18.1 Å². The molecule has 1 atom stereocenters. The van der Waals surface area contributed by atoms with Crippen molar-refractivity contribution in [3.63, 3.8) is 0 Å². The van der Waals surface area contributed by atoms with E-state index in [4.69, 9.17) is 17.4 Å². The molecule has 1 aliphatic heterocycles. The van der Waals surface area contributed by atoms with E-state index in [0.717, 1.165) is 0 Å². The predicted octanol–water partition coefficient (Wildman–Crippen LogP) is 0.832. The van der Waals surface area contributed by atoms with Crippen molar-refractivity contribution in [1.82, 2.24) is 4.90 Å². The molecule has 1 aliphatic rings. The molecule has 1 aromatic rings. The number of aliphatic hydroxyl groups is 1. The SMILES string of the molecule is NNc1ccc(Cl)cc1C(=O)N1CCC(O)C1. The van der Waals surface area contributed by atoms with Gasteiger partial charge in [-0.25, -0.2) is 0 Å². The van der Waals surface area contributed by atoms with Crippen LogP contribution in [0.4, 0.5) is 5.69 Å². The molecular weight excluding hydrogens is 242 g/mol. The Morgan fingerprint density at radius 2 is 2.35 bits per heavy atom. The molecule has 4 N–H and O–H groups in total. The van der Waals surface area contributed by atoms with Crippen LogP contribution < -0.4 is 11.3 Å². The second-order valence-corrected chi connectivity index (χ2v) is 4.46. The van der Waals surface area contributed by atoms with Gasteiger partial charge >= 0.3 is 0 Å². The monoisotopic (exact) mass is 255 g/mol. The molecule has 1 saturated heterocycles. The van der Waals surface area contributed by atoms with Crippen molar-refractivity contribution in [2.45, 2.75) is 12.5 Å². The number of β-amino-alcohol motifs (C(OH)–C–C–N with tert-alkyl or cyclic N) is 1. The number of carbonyl (C=O) groups excluding carboxylic acids is 1. The Morgan fingerprint density at radius 3 is 2.94 bits per heavy atom. The highest BCUT2D eigenvalue weighted by Gasteiger charge is 2.26. The van der Waals surface area contributed by atoms with Crippen LogP contribution in [0.3, 0.4) is 0 Å². The topological polar surface area (TPSA) is 78.6 Å². The zero-order chi connectivity index (χ0) is 12.4. The summed E-state index contributed by atoms with van der Waals surface area (Å²) >= 11 is 5.86. The number of aliphatic hydroxyl groups excluding tert-OH is 1.